The van der Waals surface area contributed by atoms with Crippen molar-refractivity contribution < 1.29 is 4.74 Å². The molecule has 0 spiro atoms. The highest BCUT2D eigenvalue weighted by Gasteiger charge is 2.09. The van der Waals surface area contributed by atoms with Crippen LogP contribution in [0.4, 0.5) is 5.69 Å². The van der Waals surface area contributed by atoms with E-state index in [9.17, 15) is 4.79 Å². The van der Waals surface area contributed by atoms with Crippen molar-refractivity contribution in [2.24, 2.45) is 5.10 Å². The van der Waals surface area contributed by atoms with E-state index in [0.717, 1.165) is 11.3 Å². The van der Waals surface area contributed by atoms with Gasteiger partial charge in [-0.1, -0.05) is 29.8 Å². The Labute approximate surface area is 149 Å². The molecule has 0 aliphatic heterocycles. The highest BCUT2D eigenvalue weighted by molar-refractivity contribution is 6.32. The fourth-order valence-corrected chi connectivity index (χ4v) is 2.30. The fraction of sp³-hybridized carbons (Fsp3) is 0.0556. The first-order valence-corrected chi connectivity index (χ1v) is 7.83. The van der Waals surface area contributed by atoms with Gasteiger partial charge in [-0.3, -0.25) is 10.2 Å². The number of rotatable bonds is 5. The van der Waals surface area contributed by atoms with Crippen molar-refractivity contribution in [3.05, 3.63) is 81.7 Å². The van der Waals surface area contributed by atoms with Gasteiger partial charge in [0.25, 0.3) is 5.56 Å². The van der Waals surface area contributed by atoms with Crippen LogP contribution in [-0.2, 0) is 0 Å². The number of aromatic nitrogens is 2. The van der Waals surface area contributed by atoms with Gasteiger partial charge < -0.3 is 4.74 Å². The third-order valence-electron chi connectivity index (χ3n) is 3.43. The van der Waals surface area contributed by atoms with Crippen molar-refractivity contribution in [3.63, 3.8) is 0 Å². The van der Waals surface area contributed by atoms with Crippen molar-refractivity contribution in [2.45, 2.75) is 0 Å². The topological polar surface area (TPSA) is 68.5 Å². The number of benzene rings is 2. The minimum absolute atomic E-state index is 0.0192. The number of hydrogen-bond acceptors (Lipinski definition) is 5. The molecule has 0 unspecified atom stereocenters. The SMILES string of the molecule is COc1ccc(C=NNc2cnn(-c3ccccc3)c(=O)c2Cl)cc1. The smallest absolute Gasteiger partial charge is 0.292 e. The minimum atomic E-state index is -0.419. The van der Waals surface area contributed by atoms with Gasteiger partial charge in [0.15, 0.2) is 0 Å². The number of para-hydroxylation sites is 1. The lowest BCUT2D eigenvalue weighted by Crippen LogP contribution is -2.22. The molecule has 0 fully saturated rings. The highest BCUT2D eigenvalue weighted by Crippen LogP contribution is 2.16. The zero-order valence-corrected chi connectivity index (χ0v) is 14.1. The molecule has 0 bridgehead atoms. The fourth-order valence-electron chi connectivity index (χ4n) is 2.13. The molecule has 0 atom stereocenters. The molecule has 3 rings (SSSR count). The Bertz CT molecular complexity index is 938. The van der Waals surface area contributed by atoms with Crippen LogP contribution in [0.2, 0.25) is 5.02 Å². The van der Waals surface area contributed by atoms with Crippen LogP contribution >= 0.6 is 11.6 Å². The summed E-state index contributed by atoms with van der Waals surface area (Å²) < 4.78 is 6.33. The standard InChI is InChI=1S/C18H15ClN4O2/c1-25-15-9-7-13(8-10-15)11-20-22-16-12-21-23(18(24)17(16)19)14-5-3-2-4-6-14/h2-12,22H,1H3. The Morgan fingerprint density at radius 1 is 1.16 bits per heavy atom. The molecule has 6 nitrogen and oxygen atoms in total. The molecule has 1 N–H and O–H groups in total. The van der Waals surface area contributed by atoms with Gasteiger partial charge in [0, 0.05) is 0 Å². The average Bonchev–Trinajstić information content (AvgIpc) is 2.66. The summed E-state index contributed by atoms with van der Waals surface area (Å²) in [7, 11) is 1.61. The molecule has 0 amide bonds. The van der Waals surface area contributed by atoms with Crippen LogP contribution in [0.1, 0.15) is 5.56 Å². The first-order chi connectivity index (χ1) is 12.2. The van der Waals surface area contributed by atoms with Crippen LogP contribution in [0, 0.1) is 0 Å². The molecule has 126 valence electrons. The predicted octanol–water partition coefficient (Wildman–Crippen LogP) is 3.34. The summed E-state index contributed by atoms with van der Waals surface area (Å²) in [6.07, 6.45) is 3.07. The molecule has 7 heteroatoms. The predicted molar refractivity (Wildman–Crippen MR) is 99.1 cm³/mol. The third kappa shape index (κ3) is 3.87. The van der Waals surface area contributed by atoms with E-state index in [1.807, 2.05) is 42.5 Å². The zero-order valence-electron chi connectivity index (χ0n) is 13.4. The number of halogens is 1. The lowest BCUT2D eigenvalue weighted by Gasteiger charge is -2.07. The summed E-state index contributed by atoms with van der Waals surface area (Å²) in [6.45, 7) is 0. The molecular weight excluding hydrogens is 340 g/mol. The number of hydrazone groups is 1. The van der Waals surface area contributed by atoms with Gasteiger partial charge in [0.1, 0.15) is 16.5 Å². The Morgan fingerprint density at radius 2 is 1.88 bits per heavy atom. The number of methoxy groups -OCH3 is 1. The van der Waals surface area contributed by atoms with Crippen molar-refractivity contribution in [2.75, 3.05) is 12.5 Å². The minimum Gasteiger partial charge on any atom is -0.497 e. The van der Waals surface area contributed by atoms with Crippen LogP contribution in [0.5, 0.6) is 5.75 Å². The molecular formula is C18H15ClN4O2. The summed E-state index contributed by atoms with van der Waals surface area (Å²) in [6, 6.07) is 16.4. The van der Waals surface area contributed by atoms with Crippen LogP contribution in [0.15, 0.2) is 70.7 Å². The summed E-state index contributed by atoms with van der Waals surface area (Å²) in [5, 5.41) is 8.23. The second-order valence-electron chi connectivity index (χ2n) is 5.07. The molecule has 1 aromatic heterocycles. The highest BCUT2D eigenvalue weighted by atomic mass is 35.5. The van der Waals surface area contributed by atoms with E-state index in [1.54, 1.807) is 25.5 Å². The van der Waals surface area contributed by atoms with Crippen molar-refractivity contribution in [1.29, 1.82) is 0 Å². The van der Waals surface area contributed by atoms with Gasteiger partial charge >= 0.3 is 0 Å². The van der Waals surface area contributed by atoms with Gasteiger partial charge in [0.05, 0.1) is 25.2 Å². The van der Waals surface area contributed by atoms with Crippen LogP contribution in [0.25, 0.3) is 5.69 Å². The lowest BCUT2D eigenvalue weighted by molar-refractivity contribution is 0.415. The molecule has 0 saturated heterocycles. The summed E-state index contributed by atoms with van der Waals surface area (Å²) >= 11 is 6.14. The van der Waals surface area contributed by atoms with E-state index in [4.69, 9.17) is 16.3 Å². The maximum Gasteiger partial charge on any atom is 0.292 e. The normalized spacial score (nSPS) is 10.8. The van der Waals surface area contributed by atoms with Gasteiger partial charge in [-0.25, -0.2) is 0 Å². The number of nitrogens with one attached hydrogen (secondary N) is 1. The largest absolute Gasteiger partial charge is 0.497 e. The number of ether oxygens (including phenoxy) is 1. The Kier molecular flexibility index (Phi) is 5.11. The molecule has 3 aromatic rings. The molecule has 1 heterocycles. The van der Waals surface area contributed by atoms with E-state index >= 15 is 0 Å². The van der Waals surface area contributed by atoms with Gasteiger partial charge in [-0.2, -0.15) is 14.9 Å². The van der Waals surface area contributed by atoms with E-state index in [0.29, 0.717) is 11.4 Å². The van der Waals surface area contributed by atoms with Crippen LogP contribution in [-0.4, -0.2) is 23.1 Å². The lowest BCUT2D eigenvalue weighted by atomic mass is 10.2. The quantitative estimate of drug-likeness (QED) is 0.563. The van der Waals surface area contributed by atoms with E-state index < -0.39 is 5.56 Å². The van der Waals surface area contributed by atoms with Crippen LogP contribution < -0.4 is 15.7 Å². The summed E-state index contributed by atoms with van der Waals surface area (Å²) in [4.78, 5) is 12.4. The maximum atomic E-state index is 12.4. The van der Waals surface area contributed by atoms with Gasteiger partial charge in [0.2, 0.25) is 0 Å². The van der Waals surface area contributed by atoms with Crippen LogP contribution in [0.3, 0.4) is 0 Å². The summed E-state index contributed by atoms with van der Waals surface area (Å²) in [5.74, 6) is 0.766. The Morgan fingerprint density at radius 3 is 2.56 bits per heavy atom. The van der Waals surface area contributed by atoms with Crippen molar-refractivity contribution in [3.8, 4) is 11.4 Å². The van der Waals surface area contributed by atoms with Gasteiger partial charge in [-0.15, -0.1) is 0 Å². The van der Waals surface area contributed by atoms with E-state index in [-0.39, 0.29) is 5.02 Å². The monoisotopic (exact) mass is 354 g/mol. The van der Waals surface area contributed by atoms with E-state index in [2.05, 4.69) is 15.6 Å². The molecule has 0 radical (unpaired) electrons. The Hall–Kier alpha value is -3.12. The summed E-state index contributed by atoms with van der Waals surface area (Å²) in [5.41, 5.74) is 4.17. The zero-order chi connectivity index (χ0) is 17.6. The first-order valence-electron chi connectivity index (χ1n) is 7.45. The van der Waals surface area contributed by atoms with Crippen molar-refractivity contribution >= 4 is 23.5 Å². The van der Waals surface area contributed by atoms with Gasteiger partial charge in [-0.05, 0) is 42.0 Å². The second-order valence-corrected chi connectivity index (χ2v) is 5.45. The maximum absolute atomic E-state index is 12.4. The Balaban J connectivity index is 1.78. The third-order valence-corrected chi connectivity index (χ3v) is 3.80. The molecule has 0 saturated carbocycles. The molecule has 0 aliphatic carbocycles. The number of anilines is 1. The average molecular weight is 355 g/mol. The first kappa shape index (κ1) is 16.7. The number of nitrogens with zero attached hydrogens (tertiary/aromatic N) is 3. The molecule has 25 heavy (non-hydrogen) atoms. The van der Waals surface area contributed by atoms with Crippen molar-refractivity contribution in [1.82, 2.24) is 9.78 Å². The molecule has 2 aromatic carbocycles. The number of hydrogen-bond donors (Lipinski definition) is 1. The molecule has 0 aliphatic rings. The second kappa shape index (κ2) is 7.63. The van der Waals surface area contributed by atoms with E-state index in [1.165, 1.54) is 10.9 Å².